The molecule has 0 radical (unpaired) electrons. The van der Waals surface area contributed by atoms with E-state index in [9.17, 15) is 0 Å². The molecule has 402 valence electrons. The first-order valence-corrected chi connectivity index (χ1v) is 29.6. The monoisotopic (exact) mass is 1090 g/mol. The van der Waals surface area contributed by atoms with Crippen molar-refractivity contribution >= 4 is 93.3 Å². The van der Waals surface area contributed by atoms with Gasteiger partial charge in [-0.2, -0.15) is 0 Å². The second-order valence-electron chi connectivity index (χ2n) is 22.4. The lowest BCUT2D eigenvalue weighted by atomic mass is 9.95. The molecule has 0 aliphatic heterocycles. The number of para-hydroxylation sites is 6. The number of rotatable bonds is 10. The third-order valence-corrected chi connectivity index (χ3v) is 17.7. The molecule has 0 fully saturated rings. The first-order valence-electron chi connectivity index (χ1n) is 29.6. The molecule has 14 aromatic carbocycles. The van der Waals surface area contributed by atoms with Gasteiger partial charge in [0.15, 0.2) is 0 Å². The average Bonchev–Trinajstić information content (AvgIpc) is 3.95. The molecular formula is C82H54N4. The van der Waals surface area contributed by atoms with E-state index in [-0.39, 0.29) is 0 Å². The smallest absolute Gasteiger partial charge is 0.0547 e. The third kappa shape index (κ3) is 8.07. The quantitative estimate of drug-likeness (QED) is 0.133. The zero-order valence-corrected chi connectivity index (χ0v) is 47.0. The SMILES string of the molecule is c1ccc(-n2c3ccccc3c3cc(-c4ccc(-c5ccc(N(c6ccc(-c7ccc8c9ccccc9n(-c9ccccc9)c8c7)cc6)c6ccc(-c7ccc8c(c7)c7ccccc7n8-c7ccccc7)c7ccccc67)cc5)cc4)ccc32)cc1. The van der Waals surface area contributed by atoms with Crippen LogP contribution < -0.4 is 4.90 Å². The van der Waals surface area contributed by atoms with E-state index in [0.717, 1.165) is 45.3 Å². The third-order valence-electron chi connectivity index (χ3n) is 17.7. The Morgan fingerprint density at radius 1 is 0.186 bits per heavy atom. The van der Waals surface area contributed by atoms with Gasteiger partial charge in [0, 0.05) is 66.1 Å². The summed E-state index contributed by atoms with van der Waals surface area (Å²) in [4.78, 5) is 2.43. The highest BCUT2D eigenvalue weighted by Crippen LogP contribution is 2.45. The zero-order chi connectivity index (χ0) is 56.7. The zero-order valence-electron chi connectivity index (χ0n) is 47.0. The second kappa shape index (κ2) is 20.2. The number of anilines is 3. The maximum Gasteiger partial charge on any atom is 0.0547 e. The minimum Gasteiger partial charge on any atom is -0.310 e. The second-order valence-corrected chi connectivity index (χ2v) is 22.4. The standard InChI is InChI=1S/C82H54N4/c1-4-18-62(19-5-1)84-77-30-16-13-27-71(77)74-52-59(41-49-80(74)84)57-34-32-55(33-35-57)56-36-43-65(44-37-56)83(66-45-38-58(39-46-66)60-40-47-73-70-26-12-15-29-76(70)86(82(73)54-60)64-22-8-3-9-23-64)79-51-48-67(68-24-10-11-25-69(68)79)61-42-50-81-75(53-61)72-28-14-17-31-78(72)85(81)63-20-6-2-7-21-63/h1-54H. The lowest BCUT2D eigenvalue weighted by molar-refractivity contribution is 1.18. The van der Waals surface area contributed by atoms with Gasteiger partial charge in [0.25, 0.3) is 0 Å². The highest BCUT2D eigenvalue weighted by atomic mass is 15.1. The molecular weight excluding hydrogens is 1040 g/mol. The maximum absolute atomic E-state index is 2.43. The van der Waals surface area contributed by atoms with Crippen LogP contribution in [0.4, 0.5) is 17.1 Å². The molecule has 17 aromatic rings. The summed E-state index contributed by atoms with van der Waals surface area (Å²) in [6.07, 6.45) is 0. The van der Waals surface area contributed by atoms with Crippen molar-refractivity contribution in [1.29, 1.82) is 0 Å². The van der Waals surface area contributed by atoms with Crippen molar-refractivity contribution in [2.45, 2.75) is 0 Å². The van der Waals surface area contributed by atoms with Gasteiger partial charge in [0.2, 0.25) is 0 Å². The Morgan fingerprint density at radius 2 is 0.512 bits per heavy atom. The normalized spacial score (nSPS) is 11.7. The van der Waals surface area contributed by atoms with Crippen LogP contribution >= 0.6 is 0 Å². The molecule has 17 rings (SSSR count). The van der Waals surface area contributed by atoms with Gasteiger partial charge in [-0.3, -0.25) is 0 Å². The molecule has 0 spiro atoms. The molecule has 3 heterocycles. The minimum absolute atomic E-state index is 1.07. The molecule has 0 saturated heterocycles. The molecule has 0 unspecified atom stereocenters. The van der Waals surface area contributed by atoms with Gasteiger partial charge >= 0.3 is 0 Å². The summed E-state index contributed by atoms with van der Waals surface area (Å²) in [6, 6.07) is 120. The highest BCUT2D eigenvalue weighted by molar-refractivity contribution is 6.14. The van der Waals surface area contributed by atoms with Crippen LogP contribution in [0, 0.1) is 0 Å². The van der Waals surface area contributed by atoms with Crippen LogP contribution in [0.5, 0.6) is 0 Å². The van der Waals surface area contributed by atoms with E-state index in [1.807, 2.05) is 0 Å². The lowest BCUT2D eigenvalue weighted by Gasteiger charge is -2.28. The van der Waals surface area contributed by atoms with E-state index < -0.39 is 0 Å². The van der Waals surface area contributed by atoms with Crippen molar-refractivity contribution in [1.82, 2.24) is 13.7 Å². The van der Waals surface area contributed by atoms with Crippen LogP contribution in [0.3, 0.4) is 0 Å². The van der Waals surface area contributed by atoms with Crippen LogP contribution in [0.2, 0.25) is 0 Å². The van der Waals surface area contributed by atoms with Gasteiger partial charge < -0.3 is 18.6 Å². The van der Waals surface area contributed by atoms with Crippen molar-refractivity contribution in [2.75, 3.05) is 4.90 Å². The molecule has 0 amide bonds. The van der Waals surface area contributed by atoms with E-state index in [1.54, 1.807) is 0 Å². The fourth-order valence-electron chi connectivity index (χ4n) is 13.6. The predicted molar refractivity (Wildman–Crippen MR) is 363 cm³/mol. The van der Waals surface area contributed by atoms with Gasteiger partial charge in [-0.25, -0.2) is 0 Å². The minimum atomic E-state index is 1.07. The first-order chi connectivity index (χ1) is 42.7. The fraction of sp³-hybridized carbons (Fsp3) is 0. The van der Waals surface area contributed by atoms with Crippen LogP contribution in [0.15, 0.2) is 328 Å². The summed E-state index contributed by atoms with van der Waals surface area (Å²) in [6.45, 7) is 0. The van der Waals surface area contributed by atoms with Crippen LogP contribution in [0.25, 0.3) is 138 Å². The van der Waals surface area contributed by atoms with E-state index >= 15 is 0 Å². The molecule has 3 aromatic heterocycles. The van der Waals surface area contributed by atoms with Gasteiger partial charge in [-0.05, 0) is 165 Å². The molecule has 4 nitrogen and oxygen atoms in total. The molecule has 0 bridgehead atoms. The van der Waals surface area contributed by atoms with Crippen molar-refractivity contribution in [3.8, 4) is 61.6 Å². The topological polar surface area (TPSA) is 18.0 Å². The Bertz CT molecular complexity index is 5420. The van der Waals surface area contributed by atoms with Crippen LogP contribution in [0.1, 0.15) is 0 Å². The van der Waals surface area contributed by atoms with E-state index in [0.29, 0.717) is 0 Å². The first kappa shape index (κ1) is 49.2. The maximum atomic E-state index is 2.43. The average molecular weight is 1100 g/mol. The largest absolute Gasteiger partial charge is 0.310 e. The lowest BCUT2D eigenvalue weighted by Crippen LogP contribution is -2.10. The Labute approximate surface area is 498 Å². The molecule has 0 aliphatic rings. The molecule has 0 atom stereocenters. The van der Waals surface area contributed by atoms with Crippen molar-refractivity contribution < 1.29 is 0 Å². The van der Waals surface area contributed by atoms with Gasteiger partial charge in [-0.1, -0.05) is 212 Å². The molecule has 0 saturated carbocycles. The van der Waals surface area contributed by atoms with E-state index in [4.69, 9.17) is 0 Å². The summed E-state index contributed by atoms with van der Waals surface area (Å²) in [5.74, 6) is 0. The summed E-state index contributed by atoms with van der Waals surface area (Å²) < 4.78 is 7.15. The van der Waals surface area contributed by atoms with E-state index in [1.165, 1.54) is 110 Å². The van der Waals surface area contributed by atoms with Crippen LogP contribution in [-0.4, -0.2) is 13.7 Å². The number of fused-ring (bicyclic) bond motifs is 10. The predicted octanol–water partition coefficient (Wildman–Crippen LogP) is 22.3. The summed E-state index contributed by atoms with van der Waals surface area (Å²) in [5.41, 5.74) is 23.3. The van der Waals surface area contributed by atoms with Gasteiger partial charge in [-0.15, -0.1) is 0 Å². The number of aromatic nitrogens is 3. The van der Waals surface area contributed by atoms with E-state index in [2.05, 4.69) is 346 Å². The number of benzene rings is 14. The Kier molecular flexibility index (Phi) is 11.5. The molecule has 86 heavy (non-hydrogen) atoms. The Balaban J connectivity index is 0.758. The van der Waals surface area contributed by atoms with Gasteiger partial charge in [0.05, 0.1) is 38.8 Å². The molecule has 4 heteroatoms. The summed E-state index contributed by atoms with van der Waals surface area (Å²) in [7, 11) is 0. The summed E-state index contributed by atoms with van der Waals surface area (Å²) >= 11 is 0. The van der Waals surface area contributed by atoms with Crippen molar-refractivity contribution in [3.05, 3.63) is 328 Å². The Hall–Kier alpha value is -11.5. The molecule has 0 N–H and O–H groups in total. The molecule has 0 aliphatic carbocycles. The summed E-state index contributed by atoms with van der Waals surface area (Å²) in [5, 5.41) is 9.82. The fourth-order valence-corrected chi connectivity index (χ4v) is 13.6. The highest BCUT2D eigenvalue weighted by Gasteiger charge is 2.21. The van der Waals surface area contributed by atoms with Crippen molar-refractivity contribution in [2.24, 2.45) is 0 Å². The Morgan fingerprint density at radius 3 is 1.01 bits per heavy atom. The number of hydrogen-bond donors (Lipinski definition) is 0. The van der Waals surface area contributed by atoms with Crippen molar-refractivity contribution in [3.63, 3.8) is 0 Å². The number of nitrogens with zero attached hydrogens (tertiary/aromatic N) is 4. The van der Waals surface area contributed by atoms with Gasteiger partial charge in [0.1, 0.15) is 0 Å². The number of hydrogen-bond acceptors (Lipinski definition) is 1. The van der Waals surface area contributed by atoms with Crippen LogP contribution in [-0.2, 0) is 0 Å².